The van der Waals surface area contributed by atoms with E-state index in [1.807, 2.05) is 0 Å². The lowest BCUT2D eigenvalue weighted by molar-refractivity contribution is 0.252. The molecule has 190 valence electrons. The molecule has 4 amide bonds. The predicted molar refractivity (Wildman–Crippen MR) is 142 cm³/mol. The third kappa shape index (κ3) is 7.44. The van der Waals surface area contributed by atoms with Crippen LogP contribution in [0.5, 0.6) is 17.2 Å². The summed E-state index contributed by atoms with van der Waals surface area (Å²) in [6.07, 6.45) is 0.502. The first-order valence-corrected chi connectivity index (χ1v) is 11.6. The Bertz CT molecular complexity index is 1170. The van der Waals surface area contributed by atoms with Crippen molar-refractivity contribution in [2.75, 3.05) is 50.0 Å². The third-order valence-electron chi connectivity index (χ3n) is 5.21. The average molecular weight is 513 g/mol. The van der Waals surface area contributed by atoms with Gasteiger partial charge in [-0.3, -0.25) is 4.90 Å². The molecule has 0 saturated carbocycles. The minimum Gasteiger partial charge on any atom is -0.497 e. The molecule has 0 heterocycles. The van der Waals surface area contributed by atoms with Crippen molar-refractivity contribution in [3.63, 3.8) is 0 Å². The predicted octanol–water partition coefficient (Wildman–Crippen LogP) is 5.62. The Morgan fingerprint density at radius 1 is 0.861 bits per heavy atom. The first kappa shape index (κ1) is 26.5. The second-order valence-electron chi connectivity index (χ2n) is 7.59. The number of carbonyl (C=O) groups is 2. The molecule has 0 spiro atoms. The summed E-state index contributed by atoms with van der Waals surface area (Å²) < 4.78 is 15.7. The van der Waals surface area contributed by atoms with E-state index in [1.165, 1.54) is 7.11 Å². The fourth-order valence-electron chi connectivity index (χ4n) is 3.37. The standard InChI is InChI=1S/C26H29ClN4O5/c1-34-21-10-8-20(9-11-21)31(26(33)29-19-7-4-6-18(27)16-19)15-5-14-28-25(32)30-23-13-12-22(35-2)17-24(23)36-3/h4,6-13,16-17H,5,14-15H2,1-3H3,(H,29,33)(H2,28,30,32). The van der Waals surface area contributed by atoms with Crippen molar-refractivity contribution in [2.45, 2.75) is 6.42 Å². The molecule has 3 aromatic rings. The molecule has 36 heavy (non-hydrogen) atoms. The maximum atomic E-state index is 13.1. The Morgan fingerprint density at radius 2 is 1.58 bits per heavy atom. The molecule has 0 aliphatic carbocycles. The summed E-state index contributed by atoms with van der Waals surface area (Å²) in [7, 11) is 4.65. The number of benzene rings is 3. The third-order valence-corrected chi connectivity index (χ3v) is 5.44. The summed E-state index contributed by atoms with van der Waals surface area (Å²) >= 11 is 6.04. The number of hydrogen-bond acceptors (Lipinski definition) is 5. The Labute approximate surface area is 215 Å². The molecule has 0 aromatic heterocycles. The zero-order valence-corrected chi connectivity index (χ0v) is 21.1. The smallest absolute Gasteiger partial charge is 0.326 e. The van der Waals surface area contributed by atoms with Gasteiger partial charge >= 0.3 is 12.1 Å². The molecule has 3 N–H and O–H groups in total. The molecule has 0 fully saturated rings. The van der Waals surface area contributed by atoms with Crippen LogP contribution in [0.25, 0.3) is 0 Å². The van der Waals surface area contributed by atoms with Gasteiger partial charge in [0, 0.05) is 35.6 Å². The van der Waals surface area contributed by atoms with Gasteiger partial charge in [-0.05, 0) is 61.0 Å². The molecule has 3 rings (SSSR count). The van der Waals surface area contributed by atoms with E-state index < -0.39 is 6.03 Å². The summed E-state index contributed by atoms with van der Waals surface area (Å²) in [5, 5.41) is 8.94. The van der Waals surface area contributed by atoms with Crippen LogP contribution in [0.3, 0.4) is 0 Å². The number of carbonyl (C=O) groups excluding carboxylic acids is 2. The Morgan fingerprint density at radius 3 is 2.25 bits per heavy atom. The Hall–Kier alpha value is -4.11. The molecule has 10 heteroatoms. The Balaban J connectivity index is 1.60. The molecule has 0 bridgehead atoms. The van der Waals surface area contributed by atoms with Gasteiger partial charge in [-0.25, -0.2) is 9.59 Å². The van der Waals surface area contributed by atoms with Crippen LogP contribution in [0.4, 0.5) is 26.7 Å². The number of amides is 4. The number of urea groups is 2. The molecule has 0 radical (unpaired) electrons. The van der Waals surface area contributed by atoms with E-state index in [-0.39, 0.29) is 6.03 Å². The van der Waals surface area contributed by atoms with Crippen LogP contribution >= 0.6 is 11.6 Å². The lowest BCUT2D eigenvalue weighted by Gasteiger charge is -2.24. The maximum Gasteiger partial charge on any atom is 0.326 e. The van der Waals surface area contributed by atoms with E-state index in [2.05, 4.69) is 16.0 Å². The van der Waals surface area contributed by atoms with Crippen molar-refractivity contribution in [3.8, 4) is 17.2 Å². The number of anilines is 3. The van der Waals surface area contributed by atoms with Crippen LogP contribution in [-0.4, -0.2) is 46.5 Å². The van der Waals surface area contributed by atoms with Crippen molar-refractivity contribution in [1.29, 1.82) is 0 Å². The minimum atomic E-state index is -0.391. The molecular formula is C26H29ClN4O5. The topological polar surface area (TPSA) is 101 Å². The molecule has 0 atom stereocenters. The van der Waals surface area contributed by atoms with Gasteiger partial charge < -0.3 is 30.2 Å². The molecule has 9 nitrogen and oxygen atoms in total. The van der Waals surface area contributed by atoms with Gasteiger partial charge in [-0.1, -0.05) is 17.7 Å². The van der Waals surface area contributed by atoms with E-state index in [4.69, 9.17) is 25.8 Å². The van der Waals surface area contributed by atoms with Gasteiger partial charge in [0.2, 0.25) is 0 Å². The van der Waals surface area contributed by atoms with Crippen molar-refractivity contribution in [3.05, 3.63) is 71.8 Å². The second-order valence-corrected chi connectivity index (χ2v) is 8.03. The highest BCUT2D eigenvalue weighted by Crippen LogP contribution is 2.29. The van der Waals surface area contributed by atoms with Gasteiger partial charge in [-0.2, -0.15) is 0 Å². The zero-order valence-electron chi connectivity index (χ0n) is 20.3. The SMILES string of the molecule is COc1ccc(N(CCCNC(=O)Nc2ccc(OC)cc2OC)C(=O)Nc2cccc(Cl)c2)cc1. The molecule has 3 aromatic carbocycles. The van der Waals surface area contributed by atoms with Crippen LogP contribution < -0.4 is 35.1 Å². The van der Waals surface area contributed by atoms with Gasteiger partial charge in [0.1, 0.15) is 17.2 Å². The van der Waals surface area contributed by atoms with Crippen molar-refractivity contribution < 1.29 is 23.8 Å². The van der Waals surface area contributed by atoms with E-state index in [0.29, 0.717) is 58.8 Å². The lowest BCUT2D eigenvalue weighted by atomic mass is 10.2. The zero-order chi connectivity index (χ0) is 25.9. The number of halogens is 1. The van der Waals surface area contributed by atoms with E-state index in [9.17, 15) is 9.59 Å². The van der Waals surface area contributed by atoms with Crippen LogP contribution in [0.1, 0.15) is 6.42 Å². The fraction of sp³-hybridized carbons (Fsp3) is 0.231. The first-order chi connectivity index (χ1) is 17.4. The fourth-order valence-corrected chi connectivity index (χ4v) is 3.56. The largest absolute Gasteiger partial charge is 0.497 e. The molecule has 0 saturated heterocycles. The van der Waals surface area contributed by atoms with Gasteiger partial charge in [-0.15, -0.1) is 0 Å². The van der Waals surface area contributed by atoms with Crippen LogP contribution in [0, 0.1) is 0 Å². The van der Waals surface area contributed by atoms with Crippen molar-refractivity contribution >= 4 is 40.7 Å². The number of ether oxygens (including phenoxy) is 3. The van der Waals surface area contributed by atoms with Crippen LogP contribution in [0.2, 0.25) is 5.02 Å². The van der Waals surface area contributed by atoms with Gasteiger partial charge in [0.25, 0.3) is 0 Å². The molecule has 0 unspecified atom stereocenters. The minimum absolute atomic E-state index is 0.324. The van der Waals surface area contributed by atoms with Crippen molar-refractivity contribution in [2.24, 2.45) is 0 Å². The normalized spacial score (nSPS) is 10.2. The van der Waals surface area contributed by atoms with Gasteiger partial charge in [0.15, 0.2) is 0 Å². The number of nitrogens with zero attached hydrogens (tertiary/aromatic N) is 1. The Kier molecular flexibility index (Phi) is 9.64. The van der Waals surface area contributed by atoms with E-state index in [0.717, 1.165) is 0 Å². The lowest BCUT2D eigenvalue weighted by Crippen LogP contribution is -2.38. The molecule has 0 aliphatic rings. The van der Waals surface area contributed by atoms with Gasteiger partial charge in [0.05, 0.1) is 27.0 Å². The van der Waals surface area contributed by atoms with Crippen molar-refractivity contribution in [1.82, 2.24) is 5.32 Å². The highest BCUT2D eigenvalue weighted by Gasteiger charge is 2.17. The number of hydrogen-bond donors (Lipinski definition) is 3. The average Bonchev–Trinajstić information content (AvgIpc) is 2.89. The highest BCUT2D eigenvalue weighted by molar-refractivity contribution is 6.30. The summed E-state index contributed by atoms with van der Waals surface area (Å²) in [5.41, 5.74) is 1.77. The highest BCUT2D eigenvalue weighted by atomic mass is 35.5. The maximum absolute atomic E-state index is 13.1. The molecule has 0 aliphatic heterocycles. The summed E-state index contributed by atoms with van der Waals surface area (Å²) in [4.78, 5) is 27.1. The summed E-state index contributed by atoms with van der Waals surface area (Å²) in [6, 6.07) is 18.5. The quantitative estimate of drug-likeness (QED) is 0.306. The number of methoxy groups -OCH3 is 3. The van der Waals surface area contributed by atoms with Crippen LogP contribution in [0.15, 0.2) is 66.7 Å². The van der Waals surface area contributed by atoms with E-state index >= 15 is 0 Å². The number of nitrogens with one attached hydrogen (secondary N) is 3. The molecular weight excluding hydrogens is 484 g/mol. The first-order valence-electron chi connectivity index (χ1n) is 11.2. The van der Waals surface area contributed by atoms with Crippen LogP contribution in [-0.2, 0) is 0 Å². The second kappa shape index (κ2) is 13.1. The summed E-state index contributed by atoms with van der Waals surface area (Å²) in [5.74, 6) is 1.78. The summed E-state index contributed by atoms with van der Waals surface area (Å²) in [6.45, 7) is 0.687. The monoisotopic (exact) mass is 512 g/mol. The van der Waals surface area contributed by atoms with E-state index in [1.54, 1.807) is 85.8 Å². The number of rotatable bonds is 10.